The monoisotopic (exact) mass is 493 g/mol. The standard InChI is InChI=1S/C20H23N5O4S3/c1-14-7-9-24(10-8-14)32(28,29)16-5-6-18(17(13-16)25(26)27)31-20-22-21-19(23(20)2)12-15-4-3-11-30-15/h3-6,11,13-14H,7-10,12H2,1-2H3. The van der Waals surface area contributed by atoms with Crippen LogP contribution in [0, 0.1) is 16.0 Å². The topological polar surface area (TPSA) is 111 Å². The number of nitro benzene ring substituents is 1. The molecule has 32 heavy (non-hydrogen) atoms. The normalized spacial score (nSPS) is 15.8. The van der Waals surface area contributed by atoms with Crippen LogP contribution in [0.3, 0.4) is 0 Å². The summed E-state index contributed by atoms with van der Waals surface area (Å²) in [7, 11) is -1.96. The Morgan fingerprint density at radius 1 is 1.25 bits per heavy atom. The van der Waals surface area contributed by atoms with Gasteiger partial charge in [-0.3, -0.25) is 10.1 Å². The molecule has 2 aromatic heterocycles. The molecular weight excluding hydrogens is 470 g/mol. The second kappa shape index (κ2) is 9.30. The van der Waals surface area contributed by atoms with Crippen molar-refractivity contribution in [1.29, 1.82) is 0 Å². The Balaban J connectivity index is 1.59. The average Bonchev–Trinajstić information content (AvgIpc) is 3.40. The highest BCUT2D eigenvalue weighted by Crippen LogP contribution is 2.36. The van der Waals surface area contributed by atoms with Gasteiger partial charge in [-0.25, -0.2) is 8.42 Å². The number of benzene rings is 1. The lowest BCUT2D eigenvalue weighted by atomic mass is 10.0. The van der Waals surface area contributed by atoms with Crippen molar-refractivity contribution in [2.75, 3.05) is 13.1 Å². The SMILES string of the molecule is CC1CCN(S(=O)(=O)c2ccc(Sc3nnc(Cc4cccs4)n3C)c([N+](=O)[O-])c2)CC1. The summed E-state index contributed by atoms with van der Waals surface area (Å²) in [6.45, 7) is 2.96. The van der Waals surface area contributed by atoms with Crippen LogP contribution < -0.4 is 0 Å². The Hall–Kier alpha value is -2.28. The van der Waals surface area contributed by atoms with Crippen molar-refractivity contribution in [2.24, 2.45) is 13.0 Å². The van der Waals surface area contributed by atoms with E-state index in [0.29, 0.717) is 35.5 Å². The number of hydrogen-bond acceptors (Lipinski definition) is 8. The Labute approximate surface area is 194 Å². The van der Waals surface area contributed by atoms with Gasteiger partial charge >= 0.3 is 0 Å². The van der Waals surface area contributed by atoms with E-state index in [1.807, 2.05) is 24.6 Å². The molecule has 3 aromatic rings. The van der Waals surface area contributed by atoms with Crippen LogP contribution in [-0.4, -0.2) is 45.5 Å². The van der Waals surface area contributed by atoms with Crippen molar-refractivity contribution in [3.05, 3.63) is 56.5 Å². The van der Waals surface area contributed by atoms with Gasteiger partial charge in [-0.05, 0) is 54.1 Å². The number of aromatic nitrogens is 3. The summed E-state index contributed by atoms with van der Waals surface area (Å²) < 4.78 is 29.3. The molecule has 0 amide bonds. The van der Waals surface area contributed by atoms with Crippen molar-refractivity contribution in [1.82, 2.24) is 19.1 Å². The maximum absolute atomic E-state index is 13.0. The van der Waals surface area contributed by atoms with Crippen LogP contribution in [-0.2, 0) is 23.5 Å². The second-order valence-electron chi connectivity index (χ2n) is 7.79. The Morgan fingerprint density at radius 3 is 2.66 bits per heavy atom. The van der Waals surface area contributed by atoms with Gasteiger partial charge in [-0.1, -0.05) is 13.0 Å². The molecular formula is C20H23N5O4S3. The van der Waals surface area contributed by atoms with Gasteiger partial charge in [0.2, 0.25) is 10.0 Å². The summed E-state index contributed by atoms with van der Waals surface area (Å²) in [5.74, 6) is 1.22. The van der Waals surface area contributed by atoms with Crippen LogP contribution >= 0.6 is 23.1 Å². The number of nitro groups is 1. The fraction of sp³-hybridized carbons (Fsp3) is 0.400. The minimum atomic E-state index is -3.78. The van der Waals surface area contributed by atoms with Crippen molar-refractivity contribution < 1.29 is 13.3 Å². The summed E-state index contributed by atoms with van der Waals surface area (Å²) >= 11 is 2.72. The van der Waals surface area contributed by atoms with E-state index in [9.17, 15) is 18.5 Å². The van der Waals surface area contributed by atoms with Crippen LogP contribution in [0.5, 0.6) is 0 Å². The van der Waals surface area contributed by atoms with Gasteiger partial charge in [0.25, 0.3) is 5.69 Å². The Kier molecular flexibility index (Phi) is 6.65. The van der Waals surface area contributed by atoms with Crippen LogP contribution in [0.4, 0.5) is 5.69 Å². The molecule has 0 spiro atoms. The largest absolute Gasteiger partial charge is 0.309 e. The van der Waals surface area contributed by atoms with E-state index in [4.69, 9.17) is 0 Å². The number of sulfonamides is 1. The number of rotatable bonds is 7. The highest BCUT2D eigenvalue weighted by Gasteiger charge is 2.30. The second-order valence-corrected chi connectivity index (χ2v) is 11.8. The highest BCUT2D eigenvalue weighted by atomic mass is 32.2. The summed E-state index contributed by atoms with van der Waals surface area (Å²) in [5, 5.41) is 22.6. The average molecular weight is 494 g/mol. The molecule has 4 rings (SSSR count). The van der Waals surface area contributed by atoms with E-state index in [-0.39, 0.29) is 10.6 Å². The van der Waals surface area contributed by atoms with E-state index in [1.54, 1.807) is 15.9 Å². The first-order chi connectivity index (χ1) is 15.3. The molecule has 1 aromatic carbocycles. The molecule has 0 saturated carbocycles. The van der Waals surface area contributed by atoms with Gasteiger partial charge in [-0.2, -0.15) is 4.31 Å². The molecule has 1 aliphatic heterocycles. The first kappa shape index (κ1) is 22.9. The molecule has 1 fully saturated rings. The summed E-state index contributed by atoms with van der Waals surface area (Å²) in [6, 6.07) is 8.05. The summed E-state index contributed by atoms with van der Waals surface area (Å²) in [4.78, 5) is 12.6. The summed E-state index contributed by atoms with van der Waals surface area (Å²) in [5.41, 5.74) is -0.260. The van der Waals surface area contributed by atoms with Crippen LogP contribution in [0.1, 0.15) is 30.5 Å². The number of nitrogens with zero attached hydrogens (tertiary/aromatic N) is 5. The molecule has 3 heterocycles. The maximum Gasteiger partial charge on any atom is 0.284 e. The van der Waals surface area contributed by atoms with Crippen LogP contribution in [0.25, 0.3) is 0 Å². The molecule has 12 heteroatoms. The fourth-order valence-corrected chi connectivity index (χ4v) is 6.60. The molecule has 0 atom stereocenters. The van der Waals surface area contributed by atoms with Gasteiger partial charge in [0.15, 0.2) is 5.16 Å². The third-order valence-electron chi connectivity index (χ3n) is 5.55. The first-order valence-corrected chi connectivity index (χ1v) is 13.3. The zero-order valence-corrected chi connectivity index (χ0v) is 20.1. The third-order valence-corrected chi connectivity index (χ3v) is 9.42. The molecule has 0 radical (unpaired) electrons. The first-order valence-electron chi connectivity index (χ1n) is 10.1. The smallest absolute Gasteiger partial charge is 0.284 e. The van der Waals surface area contributed by atoms with Gasteiger partial charge in [-0.15, -0.1) is 21.5 Å². The minimum absolute atomic E-state index is 0.0561. The fourth-order valence-electron chi connectivity index (χ4n) is 3.52. The summed E-state index contributed by atoms with van der Waals surface area (Å²) in [6.07, 6.45) is 2.19. The van der Waals surface area contributed by atoms with Crippen molar-refractivity contribution >= 4 is 38.8 Å². The van der Waals surface area contributed by atoms with Crippen molar-refractivity contribution in [2.45, 2.75) is 41.1 Å². The molecule has 0 aliphatic carbocycles. The van der Waals surface area contributed by atoms with Crippen molar-refractivity contribution in [3.63, 3.8) is 0 Å². The molecule has 1 aliphatic rings. The lowest BCUT2D eigenvalue weighted by Gasteiger charge is -2.29. The number of hydrogen-bond donors (Lipinski definition) is 0. The van der Waals surface area contributed by atoms with E-state index in [1.165, 1.54) is 16.4 Å². The van der Waals surface area contributed by atoms with Gasteiger partial charge in [0, 0.05) is 37.5 Å². The predicted molar refractivity (Wildman–Crippen MR) is 123 cm³/mol. The quantitative estimate of drug-likeness (QED) is 0.362. The lowest BCUT2D eigenvalue weighted by molar-refractivity contribution is -0.388. The van der Waals surface area contributed by atoms with Gasteiger partial charge in [0.1, 0.15) is 5.82 Å². The van der Waals surface area contributed by atoms with E-state index >= 15 is 0 Å². The van der Waals surface area contributed by atoms with E-state index < -0.39 is 14.9 Å². The van der Waals surface area contributed by atoms with Gasteiger partial charge < -0.3 is 4.57 Å². The molecule has 0 N–H and O–H groups in total. The number of thiophene rings is 1. The maximum atomic E-state index is 13.0. The zero-order valence-electron chi connectivity index (χ0n) is 17.7. The molecule has 0 unspecified atom stereocenters. The van der Waals surface area contributed by atoms with Crippen LogP contribution in [0.15, 0.2) is 50.7 Å². The van der Waals surface area contributed by atoms with Crippen molar-refractivity contribution in [3.8, 4) is 0 Å². The zero-order chi connectivity index (χ0) is 22.9. The highest BCUT2D eigenvalue weighted by molar-refractivity contribution is 7.99. The molecule has 1 saturated heterocycles. The lowest BCUT2D eigenvalue weighted by Crippen LogP contribution is -2.37. The van der Waals surface area contributed by atoms with Gasteiger partial charge in [0.05, 0.1) is 14.7 Å². The Bertz CT molecular complexity index is 1220. The molecule has 9 nitrogen and oxygen atoms in total. The molecule has 0 bridgehead atoms. The van der Waals surface area contributed by atoms with E-state index in [0.717, 1.165) is 41.4 Å². The third kappa shape index (κ3) is 4.72. The number of piperidine rings is 1. The molecule has 170 valence electrons. The Morgan fingerprint density at radius 2 is 2.00 bits per heavy atom. The van der Waals surface area contributed by atoms with Crippen LogP contribution in [0.2, 0.25) is 0 Å². The van der Waals surface area contributed by atoms with E-state index in [2.05, 4.69) is 17.1 Å². The predicted octanol–water partition coefficient (Wildman–Crippen LogP) is 3.95. The minimum Gasteiger partial charge on any atom is -0.309 e.